The predicted octanol–water partition coefficient (Wildman–Crippen LogP) is 1.46. The summed E-state index contributed by atoms with van der Waals surface area (Å²) in [5.74, 6) is 0. The number of amides is 2. The fourth-order valence-corrected chi connectivity index (χ4v) is 1.44. The molecule has 1 aromatic rings. The van der Waals surface area contributed by atoms with Crippen LogP contribution in [0.4, 0.5) is 4.79 Å². The van der Waals surface area contributed by atoms with Gasteiger partial charge in [0.25, 0.3) is 0 Å². The summed E-state index contributed by atoms with van der Waals surface area (Å²) in [6.07, 6.45) is 0. The quantitative estimate of drug-likeness (QED) is 0.789. The fraction of sp³-hybridized carbons (Fsp3) is 0.125. The van der Waals surface area contributed by atoms with Crippen LogP contribution in [0.3, 0.4) is 0 Å². The second-order valence-corrected chi connectivity index (χ2v) is 3.59. The summed E-state index contributed by atoms with van der Waals surface area (Å²) in [6.45, 7) is 0.492. The zero-order chi connectivity index (χ0) is 8.97. The molecule has 0 spiro atoms. The van der Waals surface area contributed by atoms with Crippen molar-refractivity contribution in [1.29, 1.82) is 0 Å². The summed E-state index contributed by atoms with van der Waals surface area (Å²) in [4.78, 5) is 10.4. The first-order valence-corrected chi connectivity index (χ1v) is 4.54. The summed E-state index contributed by atoms with van der Waals surface area (Å²) >= 11 is 2.22. The van der Waals surface area contributed by atoms with Crippen molar-refractivity contribution < 1.29 is 4.79 Å². The van der Waals surface area contributed by atoms with Crippen LogP contribution in [0.2, 0.25) is 0 Å². The molecule has 12 heavy (non-hydrogen) atoms. The van der Waals surface area contributed by atoms with E-state index in [1.165, 1.54) is 0 Å². The van der Waals surface area contributed by atoms with Gasteiger partial charge in [0.1, 0.15) is 0 Å². The Kier molecular flexibility index (Phi) is 3.33. The Morgan fingerprint density at radius 2 is 2.33 bits per heavy atom. The van der Waals surface area contributed by atoms with Crippen LogP contribution in [0, 0.1) is 3.57 Å². The molecular formula is C8H9IN2O. The molecular weight excluding hydrogens is 267 g/mol. The average Bonchev–Trinajstić information content (AvgIpc) is 2.01. The number of benzene rings is 1. The molecule has 3 nitrogen and oxygen atoms in total. The van der Waals surface area contributed by atoms with Crippen molar-refractivity contribution in [3.63, 3.8) is 0 Å². The van der Waals surface area contributed by atoms with E-state index in [0.29, 0.717) is 6.54 Å². The molecule has 0 aromatic heterocycles. The first-order chi connectivity index (χ1) is 5.68. The van der Waals surface area contributed by atoms with Crippen LogP contribution in [0.25, 0.3) is 0 Å². The Bertz CT molecular complexity index is 288. The smallest absolute Gasteiger partial charge is 0.312 e. The van der Waals surface area contributed by atoms with Crippen molar-refractivity contribution in [3.05, 3.63) is 33.4 Å². The van der Waals surface area contributed by atoms with Gasteiger partial charge >= 0.3 is 6.03 Å². The van der Waals surface area contributed by atoms with Gasteiger partial charge in [-0.05, 0) is 40.3 Å². The lowest BCUT2D eigenvalue weighted by atomic mass is 10.2. The molecule has 0 saturated carbocycles. The summed E-state index contributed by atoms with van der Waals surface area (Å²) < 4.78 is 1.15. The molecule has 2 amide bonds. The Balaban J connectivity index is 2.57. The molecule has 4 heteroatoms. The van der Waals surface area contributed by atoms with E-state index in [4.69, 9.17) is 5.73 Å². The highest BCUT2D eigenvalue weighted by atomic mass is 127. The molecule has 64 valence electrons. The van der Waals surface area contributed by atoms with Crippen LogP contribution in [0.1, 0.15) is 5.56 Å². The van der Waals surface area contributed by atoms with Gasteiger partial charge in [-0.2, -0.15) is 0 Å². The van der Waals surface area contributed by atoms with Crippen molar-refractivity contribution in [3.8, 4) is 0 Å². The molecule has 0 saturated heterocycles. The third-order valence-corrected chi connectivity index (χ3v) is 2.03. The molecule has 0 heterocycles. The van der Waals surface area contributed by atoms with Crippen molar-refractivity contribution in [2.45, 2.75) is 6.54 Å². The summed E-state index contributed by atoms with van der Waals surface area (Å²) in [7, 11) is 0. The molecule has 1 rings (SSSR count). The van der Waals surface area contributed by atoms with Gasteiger partial charge in [-0.15, -0.1) is 0 Å². The molecule has 0 aliphatic rings. The van der Waals surface area contributed by atoms with E-state index < -0.39 is 6.03 Å². The highest BCUT2D eigenvalue weighted by molar-refractivity contribution is 14.1. The minimum absolute atomic E-state index is 0.492. The lowest BCUT2D eigenvalue weighted by Gasteiger charge is -2.01. The zero-order valence-electron chi connectivity index (χ0n) is 6.38. The van der Waals surface area contributed by atoms with E-state index in [1.807, 2.05) is 24.3 Å². The minimum Gasteiger partial charge on any atom is -0.352 e. The molecule has 0 bridgehead atoms. The highest BCUT2D eigenvalue weighted by Crippen LogP contribution is 2.06. The first kappa shape index (κ1) is 9.31. The highest BCUT2D eigenvalue weighted by Gasteiger charge is 1.94. The van der Waals surface area contributed by atoms with E-state index in [9.17, 15) is 4.79 Å². The van der Waals surface area contributed by atoms with Gasteiger partial charge in [0.15, 0.2) is 0 Å². The van der Waals surface area contributed by atoms with Gasteiger partial charge in [-0.3, -0.25) is 0 Å². The average molecular weight is 276 g/mol. The maximum atomic E-state index is 10.4. The minimum atomic E-state index is -0.492. The number of carbonyl (C=O) groups excluding carboxylic acids is 1. The molecule has 0 fully saturated rings. The van der Waals surface area contributed by atoms with Crippen molar-refractivity contribution in [1.82, 2.24) is 5.32 Å². The van der Waals surface area contributed by atoms with Gasteiger partial charge < -0.3 is 11.1 Å². The van der Waals surface area contributed by atoms with Crippen molar-refractivity contribution >= 4 is 28.6 Å². The number of primary amides is 1. The molecule has 0 aliphatic carbocycles. The van der Waals surface area contributed by atoms with Crippen LogP contribution in [-0.2, 0) is 6.54 Å². The number of hydrogen-bond donors (Lipinski definition) is 2. The lowest BCUT2D eigenvalue weighted by Crippen LogP contribution is -2.28. The van der Waals surface area contributed by atoms with E-state index in [-0.39, 0.29) is 0 Å². The van der Waals surface area contributed by atoms with E-state index in [0.717, 1.165) is 9.13 Å². The van der Waals surface area contributed by atoms with Gasteiger partial charge in [-0.25, -0.2) is 4.79 Å². The van der Waals surface area contributed by atoms with Crippen molar-refractivity contribution in [2.24, 2.45) is 5.73 Å². The largest absolute Gasteiger partial charge is 0.352 e. The molecule has 0 unspecified atom stereocenters. The second kappa shape index (κ2) is 4.30. The number of rotatable bonds is 2. The molecule has 0 radical (unpaired) electrons. The third-order valence-electron chi connectivity index (χ3n) is 1.36. The second-order valence-electron chi connectivity index (χ2n) is 2.35. The van der Waals surface area contributed by atoms with Crippen LogP contribution in [0.5, 0.6) is 0 Å². The normalized spacial score (nSPS) is 9.42. The fourth-order valence-electron chi connectivity index (χ4n) is 0.836. The van der Waals surface area contributed by atoms with Crippen LogP contribution in [0.15, 0.2) is 24.3 Å². The Morgan fingerprint density at radius 1 is 1.58 bits per heavy atom. The zero-order valence-corrected chi connectivity index (χ0v) is 8.54. The van der Waals surface area contributed by atoms with E-state index in [2.05, 4.69) is 27.9 Å². The number of hydrogen-bond acceptors (Lipinski definition) is 1. The summed E-state index contributed by atoms with van der Waals surface area (Å²) in [5.41, 5.74) is 5.98. The topological polar surface area (TPSA) is 55.1 Å². The summed E-state index contributed by atoms with van der Waals surface area (Å²) in [6, 6.07) is 7.39. The molecule has 3 N–H and O–H groups in total. The third kappa shape index (κ3) is 3.08. The standard InChI is InChI=1S/C8H9IN2O/c9-7-3-1-2-6(4-7)5-11-8(10)12/h1-4H,5H2,(H3,10,11,12). The van der Waals surface area contributed by atoms with Gasteiger partial charge in [0.2, 0.25) is 0 Å². The number of halogens is 1. The van der Waals surface area contributed by atoms with E-state index >= 15 is 0 Å². The van der Waals surface area contributed by atoms with E-state index in [1.54, 1.807) is 0 Å². The molecule has 0 atom stereocenters. The Hall–Kier alpha value is -0.780. The van der Waals surface area contributed by atoms with Gasteiger partial charge in [0, 0.05) is 10.1 Å². The first-order valence-electron chi connectivity index (χ1n) is 3.46. The number of nitrogens with two attached hydrogens (primary N) is 1. The SMILES string of the molecule is NC(=O)NCc1cccc(I)c1. The Labute approximate surface area is 84.5 Å². The van der Waals surface area contributed by atoms with Crippen LogP contribution in [-0.4, -0.2) is 6.03 Å². The van der Waals surface area contributed by atoms with Crippen LogP contribution < -0.4 is 11.1 Å². The summed E-state index contributed by atoms with van der Waals surface area (Å²) in [5, 5.41) is 2.52. The number of urea groups is 1. The Morgan fingerprint density at radius 3 is 2.92 bits per heavy atom. The van der Waals surface area contributed by atoms with Gasteiger partial charge in [0.05, 0.1) is 0 Å². The monoisotopic (exact) mass is 276 g/mol. The van der Waals surface area contributed by atoms with Crippen molar-refractivity contribution in [2.75, 3.05) is 0 Å². The molecule has 0 aliphatic heterocycles. The van der Waals surface area contributed by atoms with Gasteiger partial charge in [-0.1, -0.05) is 12.1 Å². The number of nitrogens with one attached hydrogen (secondary N) is 1. The molecule has 1 aromatic carbocycles. The maximum Gasteiger partial charge on any atom is 0.312 e. The lowest BCUT2D eigenvalue weighted by molar-refractivity contribution is 0.248. The maximum absolute atomic E-state index is 10.4. The van der Waals surface area contributed by atoms with Crippen LogP contribution >= 0.6 is 22.6 Å². The number of carbonyl (C=O) groups is 1. The predicted molar refractivity (Wildman–Crippen MR) is 55.6 cm³/mol.